The number of nitrogens with zero attached hydrogens (tertiary/aromatic N) is 1. The van der Waals surface area contributed by atoms with Crippen molar-refractivity contribution in [3.8, 4) is 0 Å². The third-order valence-corrected chi connectivity index (χ3v) is 17.0. The number of likely N-dealkylation sites (N-methyl/N-ethyl adjacent to an activating group) is 1. The Balaban J connectivity index is 5.04. The zero-order chi connectivity index (χ0) is 62.8. The highest BCUT2D eigenvalue weighted by molar-refractivity contribution is 7.47. The van der Waals surface area contributed by atoms with Gasteiger partial charge in [0.05, 0.1) is 33.8 Å². The average Bonchev–Trinajstić information content (AvgIpc) is 3.67. The molecule has 0 bridgehead atoms. The predicted octanol–water partition coefficient (Wildman–Crippen LogP) is 23.3. The molecule has 500 valence electrons. The fourth-order valence-corrected chi connectivity index (χ4v) is 11.2. The number of ether oxygens (including phenoxy) is 1. The predicted molar refractivity (Wildman–Crippen MR) is 374 cm³/mol. The van der Waals surface area contributed by atoms with Crippen LogP contribution < -0.4 is 5.32 Å². The molecule has 10 heteroatoms. The molecule has 0 radical (unpaired) electrons. The fourth-order valence-electron chi connectivity index (χ4n) is 10.4. The van der Waals surface area contributed by atoms with Gasteiger partial charge < -0.3 is 19.4 Å². The number of phosphoric ester groups is 1. The standard InChI is InChI=1S/C76H139N2O7P/c1-7-10-13-16-19-22-25-28-30-32-34-36-37-38-39-40-41-43-44-46-48-50-53-56-59-62-65-68-75(79)77-73(72-84-86(81,82)83-71-70-78(4,5)6)74(67-64-61-58-55-52-27-24-21-18-15-12-9-3)85-76(80)69-66-63-60-57-54-51-49-47-45-42-35-33-31-29-26-23-20-17-14-11-8-2/h19-20,22-23,28-31,34,36,38-39,64,67,73-74H,7-18,21,24-27,32-33,35,37,40-63,65-66,68-72H2,1-6H3,(H-,77,79,81,82)/p+1/b22-19-,23-20-,30-28-,31-29-,36-34-,39-38-,67-64-. The molecular formula is C76H140N2O7P+. The van der Waals surface area contributed by atoms with Gasteiger partial charge in [-0.05, 0) is 109 Å². The second-order valence-electron chi connectivity index (χ2n) is 25.8. The van der Waals surface area contributed by atoms with Gasteiger partial charge in [0.25, 0.3) is 0 Å². The first-order chi connectivity index (χ1) is 41.9. The van der Waals surface area contributed by atoms with Crippen LogP contribution in [0, 0.1) is 0 Å². The van der Waals surface area contributed by atoms with E-state index < -0.39 is 20.0 Å². The molecule has 1 amide bonds. The average molecular weight is 1220 g/mol. The molecule has 0 aromatic carbocycles. The third kappa shape index (κ3) is 65.6. The van der Waals surface area contributed by atoms with Gasteiger partial charge in [-0.3, -0.25) is 18.6 Å². The SMILES string of the molecule is CCCCC/C=C\C/C=C\C/C=C\C/C=C\CCCCCCCCCCCCCC(=O)NC(COP(=O)(O)OCC[N+](C)(C)C)C(/C=C\CCCCCCCCCCCC)OC(=O)CCCCCCCCCCCCC/C=C\C/C=C\CCCCC. The van der Waals surface area contributed by atoms with E-state index in [0.717, 1.165) is 83.5 Å². The number of esters is 1. The Labute approximate surface area is 533 Å². The minimum atomic E-state index is -4.46. The van der Waals surface area contributed by atoms with Crippen molar-refractivity contribution in [1.82, 2.24) is 5.32 Å². The Bertz CT molecular complexity index is 1750. The summed E-state index contributed by atoms with van der Waals surface area (Å²) in [5, 5.41) is 3.07. The lowest BCUT2D eigenvalue weighted by Crippen LogP contribution is -2.47. The first kappa shape index (κ1) is 83.2. The molecule has 0 aliphatic rings. The van der Waals surface area contributed by atoms with Crippen LogP contribution in [0.2, 0.25) is 0 Å². The zero-order valence-corrected chi connectivity index (χ0v) is 58.2. The summed E-state index contributed by atoms with van der Waals surface area (Å²) in [7, 11) is 1.49. The Hall–Kier alpha value is -2.81. The number of hydrogen-bond donors (Lipinski definition) is 2. The van der Waals surface area contributed by atoms with E-state index in [2.05, 4.69) is 99.0 Å². The normalized spacial score (nSPS) is 14.0. The van der Waals surface area contributed by atoms with E-state index in [0.29, 0.717) is 17.4 Å². The molecule has 3 unspecified atom stereocenters. The fraction of sp³-hybridized carbons (Fsp3) is 0.789. The maximum absolute atomic E-state index is 13.6. The molecule has 3 atom stereocenters. The molecule has 9 nitrogen and oxygen atoms in total. The van der Waals surface area contributed by atoms with Crippen molar-refractivity contribution < 1.29 is 37.3 Å². The van der Waals surface area contributed by atoms with Gasteiger partial charge in [-0.1, -0.05) is 299 Å². The van der Waals surface area contributed by atoms with Gasteiger partial charge in [0.2, 0.25) is 5.91 Å². The van der Waals surface area contributed by atoms with Gasteiger partial charge in [-0.25, -0.2) is 4.57 Å². The summed E-state index contributed by atoms with van der Waals surface area (Å²) in [6.07, 6.45) is 87.3. The second kappa shape index (κ2) is 65.2. The summed E-state index contributed by atoms with van der Waals surface area (Å²) in [5.41, 5.74) is 0. The highest BCUT2D eigenvalue weighted by Gasteiger charge is 2.30. The number of hydrogen-bond acceptors (Lipinski definition) is 6. The van der Waals surface area contributed by atoms with E-state index in [1.807, 2.05) is 33.3 Å². The van der Waals surface area contributed by atoms with E-state index in [4.69, 9.17) is 13.8 Å². The van der Waals surface area contributed by atoms with E-state index in [1.54, 1.807) is 0 Å². The Kier molecular flexibility index (Phi) is 63.0. The van der Waals surface area contributed by atoms with Gasteiger partial charge in [0, 0.05) is 12.8 Å². The van der Waals surface area contributed by atoms with Crippen molar-refractivity contribution in [1.29, 1.82) is 0 Å². The number of allylic oxidation sites excluding steroid dienone is 13. The van der Waals surface area contributed by atoms with E-state index in [-0.39, 0.29) is 31.5 Å². The molecule has 0 aromatic rings. The highest BCUT2D eigenvalue weighted by atomic mass is 31.2. The van der Waals surface area contributed by atoms with Crippen LogP contribution in [0.3, 0.4) is 0 Å². The molecule has 86 heavy (non-hydrogen) atoms. The van der Waals surface area contributed by atoms with E-state index in [9.17, 15) is 19.0 Å². The Morgan fingerprint density at radius 2 is 0.709 bits per heavy atom. The summed E-state index contributed by atoms with van der Waals surface area (Å²) < 4.78 is 30.8. The summed E-state index contributed by atoms with van der Waals surface area (Å²) in [6, 6.07) is -0.855. The molecule has 0 spiro atoms. The van der Waals surface area contributed by atoms with Crippen molar-refractivity contribution in [2.75, 3.05) is 40.9 Å². The molecule has 0 heterocycles. The number of carbonyl (C=O) groups excluding carboxylic acids is 2. The van der Waals surface area contributed by atoms with Crippen molar-refractivity contribution >= 4 is 19.7 Å². The summed E-state index contributed by atoms with van der Waals surface area (Å²) in [4.78, 5) is 37.9. The maximum atomic E-state index is 13.6. The molecule has 0 saturated carbocycles. The molecule has 0 aromatic heterocycles. The molecule has 0 aliphatic heterocycles. The Morgan fingerprint density at radius 3 is 1.08 bits per heavy atom. The number of amides is 1. The minimum absolute atomic E-state index is 0.0373. The molecule has 0 rings (SSSR count). The van der Waals surface area contributed by atoms with Gasteiger partial charge in [-0.2, -0.15) is 0 Å². The molecule has 0 fully saturated rings. The van der Waals surface area contributed by atoms with E-state index in [1.165, 1.54) is 218 Å². The third-order valence-electron chi connectivity index (χ3n) is 16.1. The van der Waals surface area contributed by atoms with Crippen LogP contribution in [0.25, 0.3) is 0 Å². The lowest BCUT2D eigenvalue weighted by Gasteiger charge is -2.27. The molecule has 2 N–H and O–H groups in total. The van der Waals surface area contributed by atoms with Crippen LogP contribution in [-0.4, -0.2) is 74.3 Å². The highest BCUT2D eigenvalue weighted by Crippen LogP contribution is 2.43. The monoisotopic (exact) mass is 1220 g/mol. The van der Waals surface area contributed by atoms with Crippen molar-refractivity contribution in [2.24, 2.45) is 0 Å². The Morgan fingerprint density at radius 1 is 0.407 bits per heavy atom. The number of nitrogens with one attached hydrogen (secondary N) is 1. The van der Waals surface area contributed by atoms with Crippen LogP contribution in [0.4, 0.5) is 0 Å². The number of quaternary nitrogens is 1. The first-order valence-corrected chi connectivity index (χ1v) is 37.9. The molecule has 0 saturated heterocycles. The maximum Gasteiger partial charge on any atom is 0.472 e. The number of unbranched alkanes of at least 4 members (excludes halogenated alkanes) is 38. The van der Waals surface area contributed by atoms with Crippen molar-refractivity contribution in [3.63, 3.8) is 0 Å². The summed E-state index contributed by atoms with van der Waals surface area (Å²) >= 11 is 0. The minimum Gasteiger partial charge on any atom is -0.456 e. The van der Waals surface area contributed by atoms with Crippen LogP contribution in [-0.2, 0) is 27.9 Å². The van der Waals surface area contributed by atoms with Gasteiger partial charge in [0.15, 0.2) is 0 Å². The van der Waals surface area contributed by atoms with Crippen molar-refractivity contribution in [2.45, 2.75) is 348 Å². The summed E-state index contributed by atoms with van der Waals surface area (Å²) in [6.45, 7) is 6.99. The van der Waals surface area contributed by atoms with E-state index >= 15 is 0 Å². The smallest absolute Gasteiger partial charge is 0.456 e. The zero-order valence-electron chi connectivity index (χ0n) is 57.3. The van der Waals surface area contributed by atoms with Crippen LogP contribution in [0.5, 0.6) is 0 Å². The second-order valence-corrected chi connectivity index (χ2v) is 27.2. The topological polar surface area (TPSA) is 111 Å². The number of phosphoric acid groups is 1. The largest absolute Gasteiger partial charge is 0.472 e. The van der Waals surface area contributed by atoms with Gasteiger partial charge in [-0.15, -0.1) is 0 Å². The van der Waals surface area contributed by atoms with Gasteiger partial charge >= 0.3 is 13.8 Å². The van der Waals surface area contributed by atoms with Crippen LogP contribution >= 0.6 is 7.82 Å². The lowest BCUT2D eigenvalue weighted by atomic mass is 10.0. The van der Waals surface area contributed by atoms with Crippen molar-refractivity contribution in [3.05, 3.63) is 85.1 Å². The molecular weight excluding hydrogens is 1080 g/mol. The van der Waals surface area contributed by atoms with Crippen LogP contribution in [0.1, 0.15) is 335 Å². The summed E-state index contributed by atoms with van der Waals surface area (Å²) in [5.74, 6) is -0.503. The van der Waals surface area contributed by atoms with Gasteiger partial charge in [0.1, 0.15) is 19.3 Å². The molecule has 0 aliphatic carbocycles. The quantitative estimate of drug-likeness (QED) is 0.0205. The first-order valence-electron chi connectivity index (χ1n) is 36.4. The number of rotatable bonds is 66. The van der Waals surface area contributed by atoms with Crippen LogP contribution in [0.15, 0.2) is 85.1 Å². The number of carbonyl (C=O) groups is 2. The lowest BCUT2D eigenvalue weighted by molar-refractivity contribution is -0.870.